The molecule has 0 aromatic carbocycles. The van der Waals surface area contributed by atoms with Gasteiger partial charge in [-0.15, -0.1) is 11.3 Å². The van der Waals surface area contributed by atoms with E-state index in [1.807, 2.05) is 13.0 Å². The SMILES string of the molecule is CCC1CN(c2ncnc3ccsc23)CCN1CC(C)O. The topological polar surface area (TPSA) is 52.5 Å². The van der Waals surface area contributed by atoms with Gasteiger partial charge in [0.15, 0.2) is 0 Å². The molecule has 1 fully saturated rings. The van der Waals surface area contributed by atoms with E-state index in [-0.39, 0.29) is 6.10 Å². The predicted molar refractivity (Wildman–Crippen MR) is 87.0 cm³/mol. The summed E-state index contributed by atoms with van der Waals surface area (Å²) in [6.07, 6.45) is 2.48. The number of β-amino-alcohol motifs (C(OH)–C–C–N with tert-alkyl or cyclic N) is 1. The van der Waals surface area contributed by atoms with E-state index in [9.17, 15) is 5.11 Å². The van der Waals surface area contributed by atoms with Crippen molar-refractivity contribution in [3.05, 3.63) is 17.8 Å². The van der Waals surface area contributed by atoms with E-state index in [0.717, 1.165) is 43.9 Å². The minimum absolute atomic E-state index is 0.270. The molecule has 21 heavy (non-hydrogen) atoms. The van der Waals surface area contributed by atoms with Gasteiger partial charge in [-0.1, -0.05) is 6.92 Å². The van der Waals surface area contributed by atoms with Gasteiger partial charge in [0.1, 0.15) is 12.1 Å². The fraction of sp³-hybridized carbons (Fsp3) is 0.600. The first-order valence-corrected chi connectivity index (χ1v) is 8.42. The molecule has 2 unspecified atom stereocenters. The average Bonchev–Trinajstić information content (AvgIpc) is 2.95. The van der Waals surface area contributed by atoms with E-state index in [4.69, 9.17) is 0 Å². The van der Waals surface area contributed by atoms with Crippen molar-refractivity contribution in [3.8, 4) is 0 Å². The Balaban J connectivity index is 1.80. The molecule has 1 aliphatic heterocycles. The van der Waals surface area contributed by atoms with Crippen LogP contribution in [0.25, 0.3) is 10.2 Å². The van der Waals surface area contributed by atoms with Crippen LogP contribution in [0.1, 0.15) is 20.3 Å². The normalized spacial score (nSPS) is 21.9. The second kappa shape index (κ2) is 6.25. The number of rotatable bonds is 4. The van der Waals surface area contributed by atoms with E-state index < -0.39 is 0 Å². The summed E-state index contributed by atoms with van der Waals surface area (Å²) in [7, 11) is 0. The largest absolute Gasteiger partial charge is 0.392 e. The Kier molecular flexibility index (Phi) is 4.37. The molecule has 1 aliphatic rings. The van der Waals surface area contributed by atoms with Gasteiger partial charge < -0.3 is 10.0 Å². The number of hydrogen-bond acceptors (Lipinski definition) is 6. The molecule has 2 aromatic rings. The van der Waals surface area contributed by atoms with Crippen LogP contribution in [-0.4, -0.2) is 58.3 Å². The van der Waals surface area contributed by atoms with Gasteiger partial charge in [-0.2, -0.15) is 0 Å². The molecule has 114 valence electrons. The molecular weight excluding hydrogens is 284 g/mol. The van der Waals surface area contributed by atoms with Gasteiger partial charge in [0.2, 0.25) is 0 Å². The maximum absolute atomic E-state index is 9.64. The average molecular weight is 306 g/mol. The molecule has 6 heteroatoms. The Labute approximate surface area is 129 Å². The highest BCUT2D eigenvalue weighted by Gasteiger charge is 2.28. The molecule has 0 aliphatic carbocycles. The van der Waals surface area contributed by atoms with Crippen LogP contribution in [0.3, 0.4) is 0 Å². The third-order valence-corrected chi connectivity index (χ3v) is 5.00. The van der Waals surface area contributed by atoms with Crippen molar-refractivity contribution in [2.24, 2.45) is 0 Å². The van der Waals surface area contributed by atoms with E-state index in [1.54, 1.807) is 17.7 Å². The summed E-state index contributed by atoms with van der Waals surface area (Å²) >= 11 is 1.71. The lowest BCUT2D eigenvalue weighted by Gasteiger charge is -2.42. The number of fused-ring (bicyclic) bond motifs is 1. The molecule has 3 rings (SSSR count). The Morgan fingerprint density at radius 1 is 1.43 bits per heavy atom. The lowest BCUT2D eigenvalue weighted by atomic mass is 10.1. The highest BCUT2D eigenvalue weighted by molar-refractivity contribution is 7.17. The fourth-order valence-corrected chi connectivity index (χ4v) is 3.92. The molecule has 1 N–H and O–H groups in total. The molecule has 0 spiro atoms. The predicted octanol–water partition coefficient (Wildman–Crippen LogP) is 1.97. The van der Waals surface area contributed by atoms with Crippen LogP contribution >= 0.6 is 11.3 Å². The van der Waals surface area contributed by atoms with Crippen molar-refractivity contribution < 1.29 is 5.11 Å². The number of anilines is 1. The Morgan fingerprint density at radius 2 is 2.29 bits per heavy atom. The first-order chi connectivity index (χ1) is 10.2. The third kappa shape index (κ3) is 3.02. The van der Waals surface area contributed by atoms with Crippen molar-refractivity contribution in [1.82, 2.24) is 14.9 Å². The lowest BCUT2D eigenvalue weighted by Crippen LogP contribution is -2.54. The van der Waals surface area contributed by atoms with Crippen LogP contribution in [0.5, 0.6) is 0 Å². The Morgan fingerprint density at radius 3 is 3.05 bits per heavy atom. The van der Waals surface area contributed by atoms with Gasteiger partial charge in [0.25, 0.3) is 0 Å². The maximum Gasteiger partial charge on any atom is 0.150 e. The van der Waals surface area contributed by atoms with Crippen molar-refractivity contribution in [1.29, 1.82) is 0 Å². The zero-order valence-electron chi connectivity index (χ0n) is 12.6. The minimum Gasteiger partial charge on any atom is -0.392 e. The van der Waals surface area contributed by atoms with Crippen LogP contribution in [0.4, 0.5) is 5.82 Å². The molecular formula is C15H22N4OS. The molecule has 0 radical (unpaired) electrons. The summed E-state index contributed by atoms with van der Waals surface area (Å²) in [5.74, 6) is 1.06. The number of aromatic nitrogens is 2. The van der Waals surface area contributed by atoms with Gasteiger partial charge in [-0.3, -0.25) is 4.90 Å². The maximum atomic E-state index is 9.64. The van der Waals surface area contributed by atoms with Crippen LogP contribution < -0.4 is 4.90 Å². The zero-order chi connectivity index (χ0) is 14.8. The van der Waals surface area contributed by atoms with Crippen LogP contribution in [0.15, 0.2) is 17.8 Å². The van der Waals surface area contributed by atoms with E-state index in [0.29, 0.717) is 6.04 Å². The van der Waals surface area contributed by atoms with Gasteiger partial charge >= 0.3 is 0 Å². The fourth-order valence-electron chi connectivity index (χ4n) is 3.05. The smallest absolute Gasteiger partial charge is 0.150 e. The first kappa shape index (κ1) is 14.7. The first-order valence-electron chi connectivity index (χ1n) is 7.54. The van der Waals surface area contributed by atoms with Crippen LogP contribution in [0.2, 0.25) is 0 Å². The van der Waals surface area contributed by atoms with Crippen molar-refractivity contribution in [2.75, 3.05) is 31.1 Å². The quantitative estimate of drug-likeness (QED) is 0.936. The summed E-state index contributed by atoms with van der Waals surface area (Å²) in [5, 5.41) is 11.7. The number of nitrogens with zero attached hydrogens (tertiary/aromatic N) is 4. The summed E-state index contributed by atoms with van der Waals surface area (Å²) in [4.78, 5) is 13.6. The number of thiophene rings is 1. The molecule has 2 atom stereocenters. The molecule has 5 nitrogen and oxygen atoms in total. The summed E-state index contributed by atoms with van der Waals surface area (Å²) < 4.78 is 1.18. The monoisotopic (exact) mass is 306 g/mol. The molecule has 0 saturated carbocycles. The van der Waals surface area contributed by atoms with Crippen molar-refractivity contribution in [2.45, 2.75) is 32.4 Å². The summed E-state index contributed by atoms with van der Waals surface area (Å²) in [6, 6.07) is 2.52. The standard InChI is InChI=1S/C15H22N4OS/c1-3-12-9-19(6-5-18(12)8-11(2)20)15-14-13(4-7-21-14)16-10-17-15/h4,7,10-12,20H,3,5-6,8-9H2,1-2H3. The van der Waals surface area contributed by atoms with Gasteiger partial charge in [-0.25, -0.2) is 9.97 Å². The number of piperazine rings is 1. The van der Waals surface area contributed by atoms with E-state index >= 15 is 0 Å². The zero-order valence-corrected chi connectivity index (χ0v) is 13.4. The lowest BCUT2D eigenvalue weighted by molar-refractivity contribution is 0.0885. The Hall–Kier alpha value is -1.24. The third-order valence-electron chi connectivity index (χ3n) is 4.10. The molecule has 3 heterocycles. The number of aliphatic hydroxyl groups excluding tert-OH is 1. The van der Waals surface area contributed by atoms with E-state index in [1.165, 1.54) is 4.70 Å². The van der Waals surface area contributed by atoms with Crippen LogP contribution in [0, 0.1) is 0 Å². The molecule has 1 saturated heterocycles. The number of aliphatic hydroxyl groups is 1. The molecule has 2 aromatic heterocycles. The van der Waals surface area contributed by atoms with Gasteiger partial charge in [-0.05, 0) is 24.8 Å². The van der Waals surface area contributed by atoms with Crippen molar-refractivity contribution in [3.63, 3.8) is 0 Å². The minimum atomic E-state index is -0.270. The molecule has 0 bridgehead atoms. The molecule has 0 amide bonds. The Bertz CT molecular complexity index is 600. The van der Waals surface area contributed by atoms with Crippen molar-refractivity contribution >= 4 is 27.4 Å². The van der Waals surface area contributed by atoms with E-state index in [2.05, 4.69) is 32.1 Å². The van der Waals surface area contributed by atoms with Crippen LogP contribution in [-0.2, 0) is 0 Å². The highest BCUT2D eigenvalue weighted by atomic mass is 32.1. The summed E-state index contributed by atoms with van der Waals surface area (Å²) in [5.41, 5.74) is 1.03. The second-order valence-corrected chi connectivity index (χ2v) is 6.60. The van der Waals surface area contributed by atoms with Gasteiger partial charge in [0.05, 0.1) is 16.3 Å². The highest BCUT2D eigenvalue weighted by Crippen LogP contribution is 2.29. The number of hydrogen-bond donors (Lipinski definition) is 1. The second-order valence-electron chi connectivity index (χ2n) is 5.68. The van der Waals surface area contributed by atoms with Gasteiger partial charge in [0, 0.05) is 32.2 Å². The summed E-state index contributed by atoms with van der Waals surface area (Å²) in [6.45, 7) is 7.72.